The molecule has 0 aliphatic carbocycles. The van der Waals surface area contributed by atoms with Crippen molar-refractivity contribution in [2.24, 2.45) is 4.99 Å². The van der Waals surface area contributed by atoms with Gasteiger partial charge in [-0.25, -0.2) is 4.99 Å². The zero-order valence-electron chi connectivity index (χ0n) is 4.59. The van der Waals surface area contributed by atoms with E-state index in [0.29, 0.717) is 0 Å². The van der Waals surface area contributed by atoms with Crippen LogP contribution < -0.4 is 5.32 Å². The highest BCUT2D eigenvalue weighted by molar-refractivity contribution is 8.13. The lowest BCUT2D eigenvalue weighted by atomic mass is 10.6. The van der Waals surface area contributed by atoms with E-state index < -0.39 is 0 Å². The summed E-state index contributed by atoms with van der Waals surface area (Å²) in [6.45, 7) is 1.86. The normalized spacial score (nSPS) is 17.4. The molecule has 1 rings (SSSR count). The van der Waals surface area contributed by atoms with Crippen LogP contribution in [0, 0.1) is 6.54 Å². The Hall–Kier alpha value is -0.440. The fourth-order valence-electron chi connectivity index (χ4n) is 0.422. The van der Waals surface area contributed by atoms with Gasteiger partial charge in [0.25, 0.3) is 0 Å². The van der Waals surface area contributed by atoms with E-state index in [2.05, 4.69) is 10.3 Å². The fourth-order valence-corrected chi connectivity index (χ4v) is 0.774. The molecule has 0 unspecified atom stereocenters. The van der Waals surface area contributed by atoms with Gasteiger partial charge in [-0.1, -0.05) is 11.8 Å². The Morgan fingerprint density at radius 3 is 3.00 bits per heavy atom. The molecule has 8 heavy (non-hydrogen) atoms. The van der Waals surface area contributed by atoms with Gasteiger partial charge >= 0.3 is 0 Å². The zero-order chi connectivity index (χ0) is 5.82. The van der Waals surface area contributed by atoms with Gasteiger partial charge in [0.15, 0.2) is 5.17 Å². The lowest BCUT2D eigenvalue weighted by molar-refractivity contribution is 1.16. The summed E-state index contributed by atoms with van der Waals surface area (Å²) in [6.07, 6.45) is 5.61. The van der Waals surface area contributed by atoms with Crippen molar-refractivity contribution in [1.29, 1.82) is 0 Å². The summed E-state index contributed by atoms with van der Waals surface area (Å²) in [6, 6.07) is 0. The maximum atomic E-state index is 4.00. The molecule has 0 aromatic rings. The Bertz CT molecular complexity index is 128. The van der Waals surface area contributed by atoms with Crippen LogP contribution in [0.3, 0.4) is 0 Å². The van der Waals surface area contributed by atoms with Gasteiger partial charge < -0.3 is 5.32 Å². The number of hydrogen-bond acceptors (Lipinski definition) is 3. The minimum Gasteiger partial charge on any atom is -0.356 e. The van der Waals surface area contributed by atoms with E-state index in [0.717, 1.165) is 5.17 Å². The Morgan fingerprint density at radius 1 is 1.75 bits per heavy atom. The molecule has 0 aromatic carbocycles. The summed E-state index contributed by atoms with van der Waals surface area (Å²) in [5.74, 6) is 0. The molecule has 0 spiro atoms. The van der Waals surface area contributed by atoms with Crippen LogP contribution in [0.2, 0.25) is 0 Å². The number of aliphatic imine (C=N–C) groups is 1. The molecule has 0 bridgehead atoms. The quantitative estimate of drug-likeness (QED) is 0.524. The molecule has 1 aliphatic heterocycles. The average Bonchev–Trinajstić information content (AvgIpc) is 1.90. The first kappa shape index (κ1) is 5.69. The smallest absolute Gasteiger partial charge is 0.161 e. The standard InChI is InChI=1S/C5H7N2S/c1-8-5-6-3-2-4-7-5/h2-4H,1H3,(H,6,7). The van der Waals surface area contributed by atoms with Gasteiger partial charge in [0, 0.05) is 6.20 Å². The summed E-state index contributed by atoms with van der Waals surface area (Å²) < 4.78 is 0. The monoisotopic (exact) mass is 127 g/mol. The van der Waals surface area contributed by atoms with Crippen LogP contribution in [0.5, 0.6) is 0 Å². The Balaban J connectivity index is 2.50. The van der Waals surface area contributed by atoms with Crippen LogP contribution in [-0.2, 0) is 0 Å². The van der Waals surface area contributed by atoms with E-state index in [-0.39, 0.29) is 0 Å². The molecule has 2 nitrogen and oxygen atoms in total. The van der Waals surface area contributed by atoms with E-state index in [9.17, 15) is 0 Å². The minimum absolute atomic E-state index is 0.951. The van der Waals surface area contributed by atoms with Crippen LogP contribution in [0.15, 0.2) is 17.3 Å². The lowest BCUT2D eigenvalue weighted by Gasteiger charge is -2.04. The highest BCUT2D eigenvalue weighted by atomic mass is 32.2. The van der Waals surface area contributed by atoms with Crippen LogP contribution in [0.25, 0.3) is 0 Å². The third kappa shape index (κ3) is 1.26. The summed E-state index contributed by atoms with van der Waals surface area (Å²) in [4.78, 5) is 4.00. The van der Waals surface area contributed by atoms with Crippen molar-refractivity contribution in [3.63, 3.8) is 0 Å². The molecule has 0 fully saturated rings. The molecule has 0 aromatic heterocycles. The molecule has 1 radical (unpaired) electrons. The van der Waals surface area contributed by atoms with E-state index in [1.54, 1.807) is 18.0 Å². The Morgan fingerprint density at radius 2 is 2.62 bits per heavy atom. The van der Waals surface area contributed by atoms with Crippen molar-refractivity contribution >= 4 is 16.9 Å². The predicted molar refractivity (Wildman–Crippen MR) is 37.5 cm³/mol. The molecule has 43 valence electrons. The van der Waals surface area contributed by atoms with E-state index in [1.165, 1.54) is 0 Å². The second kappa shape index (κ2) is 2.77. The SMILES string of the molecule is CSC1=NC=C[CH]N1. The number of nitrogens with one attached hydrogen (secondary N) is 1. The average molecular weight is 127 g/mol. The topological polar surface area (TPSA) is 24.4 Å². The van der Waals surface area contributed by atoms with Crippen molar-refractivity contribution in [3.05, 3.63) is 18.8 Å². The molecule has 0 atom stereocenters. The second-order valence-corrected chi connectivity index (χ2v) is 2.09. The van der Waals surface area contributed by atoms with Crippen molar-refractivity contribution in [2.45, 2.75) is 0 Å². The number of amidine groups is 1. The molecule has 1 N–H and O–H groups in total. The van der Waals surface area contributed by atoms with Crippen LogP contribution in [0.1, 0.15) is 0 Å². The molecule has 1 heterocycles. The van der Waals surface area contributed by atoms with Gasteiger partial charge in [-0.3, -0.25) is 0 Å². The van der Waals surface area contributed by atoms with Gasteiger partial charge in [-0.2, -0.15) is 0 Å². The van der Waals surface area contributed by atoms with E-state index >= 15 is 0 Å². The number of nitrogens with zero attached hydrogens (tertiary/aromatic N) is 1. The van der Waals surface area contributed by atoms with Gasteiger partial charge in [-0.05, 0) is 12.3 Å². The van der Waals surface area contributed by atoms with Crippen molar-refractivity contribution < 1.29 is 0 Å². The van der Waals surface area contributed by atoms with Gasteiger partial charge in [-0.15, -0.1) is 0 Å². The largest absolute Gasteiger partial charge is 0.356 e. The summed E-state index contributed by atoms with van der Waals surface area (Å²) in [7, 11) is 0. The Labute approximate surface area is 53.1 Å². The van der Waals surface area contributed by atoms with Crippen LogP contribution in [0.4, 0.5) is 0 Å². The summed E-state index contributed by atoms with van der Waals surface area (Å²) in [5.41, 5.74) is 0. The van der Waals surface area contributed by atoms with Gasteiger partial charge in [0.2, 0.25) is 0 Å². The summed E-state index contributed by atoms with van der Waals surface area (Å²) >= 11 is 1.60. The molecule has 0 saturated carbocycles. The molecule has 1 aliphatic rings. The number of thioether (sulfide) groups is 1. The number of hydrogen-bond donors (Lipinski definition) is 1. The molecular formula is C5H7N2S. The molecule has 3 heteroatoms. The van der Waals surface area contributed by atoms with Gasteiger partial charge in [0.05, 0.1) is 6.54 Å². The van der Waals surface area contributed by atoms with E-state index in [4.69, 9.17) is 0 Å². The highest BCUT2D eigenvalue weighted by Crippen LogP contribution is 1.99. The first-order chi connectivity index (χ1) is 3.93. The zero-order valence-corrected chi connectivity index (χ0v) is 5.40. The lowest BCUT2D eigenvalue weighted by Crippen LogP contribution is -2.17. The third-order valence-corrected chi connectivity index (χ3v) is 1.38. The van der Waals surface area contributed by atoms with Crippen LogP contribution in [-0.4, -0.2) is 11.4 Å². The number of rotatable bonds is 0. The van der Waals surface area contributed by atoms with E-state index in [1.807, 2.05) is 18.9 Å². The molecular weight excluding hydrogens is 120 g/mol. The highest BCUT2D eigenvalue weighted by Gasteiger charge is 1.94. The van der Waals surface area contributed by atoms with Crippen molar-refractivity contribution in [1.82, 2.24) is 5.32 Å². The minimum atomic E-state index is 0.951. The maximum Gasteiger partial charge on any atom is 0.161 e. The maximum absolute atomic E-state index is 4.00. The van der Waals surface area contributed by atoms with Crippen LogP contribution >= 0.6 is 11.8 Å². The molecule has 0 amide bonds. The third-order valence-electron chi connectivity index (χ3n) is 0.774. The first-order valence-electron chi connectivity index (χ1n) is 2.30. The second-order valence-electron chi connectivity index (χ2n) is 1.29. The first-order valence-corrected chi connectivity index (χ1v) is 3.52. The predicted octanol–water partition coefficient (Wildman–Crippen LogP) is 0.984. The summed E-state index contributed by atoms with van der Waals surface area (Å²) in [5, 5.41) is 3.92. The molecule has 0 saturated heterocycles. The van der Waals surface area contributed by atoms with Crippen molar-refractivity contribution in [2.75, 3.05) is 6.26 Å². The van der Waals surface area contributed by atoms with Gasteiger partial charge in [0.1, 0.15) is 0 Å². The fraction of sp³-hybridized carbons (Fsp3) is 0.200. The Kier molecular flexibility index (Phi) is 1.97. The van der Waals surface area contributed by atoms with Crippen molar-refractivity contribution in [3.8, 4) is 0 Å².